The van der Waals surface area contributed by atoms with Crippen LogP contribution in [0.3, 0.4) is 0 Å². The number of rotatable bonds is 4. The molecule has 4 heterocycles. The number of nitrogens with one attached hydrogen (secondary N) is 2. The summed E-state index contributed by atoms with van der Waals surface area (Å²) in [6.07, 6.45) is 7.97. The monoisotopic (exact) mass is 329 g/mol. The Bertz CT molecular complexity index is 603. The first-order valence-corrected chi connectivity index (χ1v) is 9.28. The number of thiophene rings is 1. The normalized spacial score (nSPS) is 29.0. The van der Waals surface area contributed by atoms with Crippen molar-refractivity contribution in [1.29, 1.82) is 0 Å². The summed E-state index contributed by atoms with van der Waals surface area (Å²) in [5.74, 6) is 1.15. The summed E-state index contributed by atoms with van der Waals surface area (Å²) in [6, 6.07) is 4.81. The van der Waals surface area contributed by atoms with Crippen LogP contribution in [0, 0.1) is 5.92 Å². The van der Waals surface area contributed by atoms with Gasteiger partial charge in [-0.05, 0) is 30.8 Å². The van der Waals surface area contributed by atoms with E-state index in [-0.39, 0.29) is 0 Å². The average Bonchev–Trinajstić information content (AvgIpc) is 3.27. The third-order valence-electron chi connectivity index (χ3n) is 4.94. The maximum Gasteiger partial charge on any atom is 0.0630 e. The fourth-order valence-corrected chi connectivity index (χ4v) is 4.66. The summed E-state index contributed by atoms with van der Waals surface area (Å²) < 4.78 is 0. The zero-order valence-corrected chi connectivity index (χ0v) is 14.0. The number of hydrogen-bond acceptors (Lipinski definition) is 6. The van der Waals surface area contributed by atoms with Gasteiger partial charge in [-0.15, -0.1) is 11.3 Å². The fraction of sp³-hybridized carbons (Fsp3) is 0.529. The van der Waals surface area contributed by atoms with E-state index in [4.69, 9.17) is 0 Å². The molecule has 2 fully saturated rings. The van der Waals surface area contributed by atoms with Crippen LogP contribution in [0.1, 0.15) is 35.4 Å². The van der Waals surface area contributed by atoms with Gasteiger partial charge in [-0.3, -0.25) is 15.4 Å². The molecule has 4 rings (SSSR count). The van der Waals surface area contributed by atoms with Gasteiger partial charge in [0.05, 0.1) is 11.7 Å². The highest BCUT2D eigenvalue weighted by Crippen LogP contribution is 2.31. The summed E-state index contributed by atoms with van der Waals surface area (Å²) in [4.78, 5) is 12.8. The first kappa shape index (κ1) is 15.2. The van der Waals surface area contributed by atoms with Crippen LogP contribution in [0.4, 0.5) is 0 Å². The Hall–Kier alpha value is -1.34. The fourth-order valence-electron chi connectivity index (χ4n) is 3.79. The van der Waals surface area contributed by atoms with Gasteiger partial charge in [0.25, 0.3) is 0 Å². The zero-order valence-electron chi connectivity index (χ0n) is 13.2. The van der Waals surface area contributed by atoms with E-state index in [0.717, 1.165) is 25.3 Å². The number of piperidine rings is 1. The first-order chi connectivity index (χ1) is 11.4. The van der Waals surface area contributed by atoms with Crippen LogP contribution in [-0.4, -0.2) is 41.0 Å². The van der Waals surface area contributed by atoms with Crippen LogP contribution in [0.15, 0.2) is 36.1 Å². The van der Waals surface area contributed by atoms with Crippen molar-refractivity contribution >= 4 is 11.3 Å². The van der Waals surface area contributed by atoms with Gasteiger partial charge in [0.1, 0.15) is 0 Å². The Labute approximate surface area is 141 Å². The molecule has 23 heavy (non-hydrogen) atoms. The average molecular weight is 329 g/mol. The highest BCUT2D eigenvalue weighted by atomic mass is 32.1. The van der Waals surface area contributed by atoms with Crippen molar-refractivity contribution in [3.63, 3.8) is 0 Å². The molecule has 0 bridgehead atoms. The summed E-state index contributed by atoms with van der Waals surface area (Å²) in [7, 11) is 0. The Kier molecular flexibility index (Phi) is 4.66. The molecule has 2 aromatic heterocycles. The van der Waals surface area contributed by atoms with E-state index in [1.807, 2.05) is 23.7 Å². The molecule has 3 unspecified atom stereocenters. The van der Waals surface area contributed by atoms with Crippen LogP contribution in [0.5, 0.6) is 0 Å². The van der Waals surface area contributed by atoms with Crippen LogP contribution in [0.2, 0.25) is 0 Å². The van der Waals surface area contributed by atoms with Crippen LogP contribution < -0.4 is 10.9 Å². The zero-order chi connectivity index (χ0) is 15.5. The number of likely N-dealkylation sites (tertiary alicyclic amines) is 1. The van der Waals surface area contributed by atoms with E-state index >= 15 is 0 Å². The van der Waals surface area contributed by atoms with Crippen molar-refractivity contribution < 1.29 is 0 Å². The van der Waals surface area contributed by atoms with Crippen molar-refractivity contribution in [1.82, 2.24) is 25.7 Å². The van der Waals surface area contributed by atoms with Crippen molar-refractivity contribution in [2.75, 3.05) is 26.2 Å². The standard InChI is InChI=1S/C17H23N5S/c1-3-13(15-10-18-5-6-19-15)11-22(7-1)12-14-9-20-21-17(14)16-4-2-8-23-16/h2,4-6,8,10,13-14,17,20-21H,1,3,7,9,11-12H2. The summed E-state index contributed by atoms with van der Waals surface area (Å²) >= 11 is 1.84. The number of nitrogens with zero attached hydrogens (tertiary/aromatic N) is 3. The molecule has 2 saturated heterocycles. The number of hydrazine groups is 1. The van der Waals surface area contributed by atoms with Crippen LogP contribution >= 0.6 is 11.3 Å². The number of hydrogen-bond donors (Lipinski definition) is 2. The van der Waals surface area contributed by atoms with Crippen LogP contribution in [0.25, 0.3) is 0 Å². The molecule has 122 valence electrons. The topological polar surface area (TPSA) is 53.1 Å². The summed E-state index contributed by atoms with van der Waals surface area (Å²) in [5.41, 5.74) is 7.95. The Morgan fingerprint density at radius 3 is 3.17 bits per heavy atom. The van der Waals surface area contributed by atoms with Gasteiger partial charge < -0.3 is 4.90 Å². The second-order valence-electron chi connectivity index (χ2n) is 6.51. The molecule has 2 N–H and O–H groups in total. The van der Waals surface area contributed by atoms with Gasteiger partial charge >= 0.3 is 0 Å². The van der Waals surface area contributed by atoms with Gasteiger partial charge in [-0.25, -0.2) is 5.43 Å². The molecule has 5 nitrogen and oxygen atoms in total. The maximum atomic E-state index is 4.51. The predicted octanol–water partition coefficient (Wildman–Crippen LogP) is 2.18. The SMILES string of the molecule is c1csc(C2NNCC2CN2CCCC(c3cnccn3)C2)c1. The van der Waals surface area contributed by atoms with Crippen molar-refractivity contribution in [3.8, 4) is 0 Å². The first-order valence-electron chi connectivity index (χ1n) is 8.40. The predicted molar refractivity (Wildman–Crippen MR) is 92.1 cm³/mol. The van der Waals surface area contributed by atoms with Crippen molar-refractivity contribution in [3.05, 3.63) is 46.7 Å². The van der Waals surface area contributed by atoms with E-state index in [9.17, 15) is 0 Å². The quantitative estimate of drug-likeness (QED) is 0.900. The Morgan fingerprint density at radius 2 is 2.35 bits per heavy atom. The minimum atomic E-state index is 0.437. The Morgan fingerprint density at radius 1 is 1.35 bits per heavy atom. The molecular weight excluding hydrogens is 306 g/mol. The Balaban J connectivity index is 1.40. The minimum absolute atomic E-state index is 0.437. The third-order valence-corrected chi connectivity index (χ3v) is 5.90. The lowest BCUT2D eigenvalue weighted by atomic mass is 9.93. The largest absolute Gasteiger partial charge is 0.302 e. The van der Waals surface area contributed by atoms with Gasteiger partial charge in [-0.1, -0.05) is 6.07 Å². The molecule has 2 aliphatic heterocycles. The molecule has 0 radical (unpaired) electrons. The van der Waals surface area contributed by atoms with Gasteiger partial charge in [-0.2, -0.15) is 0 Å². The highest BCUT2D eigenvalue weighted by molar-refractivity contribution is 7.10. The van der Waals surface area contributed by atoms with E-state index in [0.29, 0.717) is 17.9 Å². The molecule has 0 aromatic carbocycles. The maximum absolute atomic E-state index is 4.51. The highest BCUT2D eigenvalue weighted by Gasteiger charge is 2.32. The molecule has 2 aliphatic rings. The lowest BCUT2D eigenvalue weighted by Gasteiger charge is -2.34. The summed E-state index contributed by atoms with van der Waals surface area (Å²) in [5, 5.41) is 2.16. The van der Waals surface area contributed by atoms with Gasteiger partial charge in [0.2, 0.25) is 0 Å². The van der Waals surface area contributed by atoms with Crippen molar-refractivity contribution in [2.45, 2.75) is 24.8 Å². The molecule has 3 atom stereocenters. The smallest absolute Gasteiger partial charge is 0.0630 e. The lowest BCUT2D eigenvalue weighted by Crippen LogP contribution is -2.39. The van der Waals surface area contributed by atoms with E-state index < -0.39 is 0 Å². The van der Waals surface area contributed by atoms with E-state index in [1.54, 1.807) is 6.20 Å². The van der Waals surface area contributed by atoms with Crippen molar-refractivity contribution in [2.24, 2.45) is 5.92 Å². The number of aromatic nitrogens is 2. The van der Waals surface area contributed by atoms with E-state index in [2.05, 4.69) is 43.2 Å². The van der Waals surface area contributed by atoms with Gasteiger partial charge in [0.15, 0.2) is 0 Å². The molecule has 0 spiro atoms. The molecule has 0 amide bonds. The second kappa shape index (κ2) is 7.05. The minimum Gasteiger partial charge on any atom is -0.302 e. The molecule has 2 aromatic rings. The molecule has 0 saturated carbocycles. The molecular formula is C17H23N5S. The second-order valence-corrected chi connectivity index (χ2v) is 7.49. The third kappa shape index (κ3) is 3.45. The summed E-state index contributed by atoms with van der Waals surface area (Å²) in [6.45, 7) is 4.48. The van der Waals surface area contributed by atoms with E-state index in [1.165, 1.54) is 24.3 Å². The van der Waals surface area contributed by atoms with Crippen LogP contribution in [-0.2, 0) is 0 Å². The molecule has 6 heteroatoms. The lowest BCUT2D eigenvalue weighted by molar-refractivity contribution is 0.175. The van der Waals surface area contributed by atoms with Gasteiger partial charge in [0, 0.05) is 54.9 Å². The molecule has 0 aliphatic carbocycles.